The van der Waals surface area contributed by atoms with Crippen molar-refractivity contribution in [2.45, 2.75) is 13.0 Å². The van der Waals surface area contributed by atoms with Gasteiger partial charge in [-0.3, -0.25) is 4.79 Å². The molecule has 0 aromatic heterocycles. The molecule has 0 aliphatic carbocycles. The summed E-state index contributed by atoms with van der Waals surface area (Å²) < 4.78 is 6.29. The van der Waals surface area contributed by atoms with E-state index in [0.717, 1.165) is 10.0 Å². The molecule has 0 bridgehead atoms. The Bertz CT molecular complexity index is 297. The lowest BCUT2D eigenvalue weighted by atomic mass is 10.2. The normalized spacial score (nSPS) is 10.1. The van der Waals surface area contributed by atoms with Crippen molar-refractivity contribution in [2.75, 3.05) is 6.61 Å². The summed E-state index contributed by atoms with van der Waals surface area (Å²) >= 11 is 3.34. The number of rotatable bonds is 5. The molecule has 1 aromatic carbocycles. The average Bonchev–Trinajstić information content (AvgIpc) is 2.15. The highest BCUT2D eigenvalue weighted by Crippen LogP contribution is 2.11. The van der Waals surface area contributed by atoms with E-state index >= 15 is 0 Å². The van der Waals surface area contributed by atoms with Crippen molar-refractivity contribution in [1.82, 2.24) is 0 Å². The lowest BCUT2D eigenvalue weighted by Gasteiger charge is -2.02. The lowest BCUT2D eigenvalue weighted by molar-refractivity contribution is -0.119. The molecular weight excluding hydrogens is 246 g/mol. The van der Waals surface area contributed by atoms with E-state index in [-0.39, 0.29) is 12.3 Å². The van der Waals surface area contributed by atoms with E-state index < -0.39 is 0 Å². The molecular formula is C10H12BrNO2. The molecule has 0 fully saturated rings. The number of primary amides is 1. The smallest absolute Gasteiger partial charge is 0.219 e. The van der Waals surface area contributed by atoms with Gasteiger partial charge >= 0.3 is 0 Å². The third kappa shape index (κ3) is 4.39. The van der Waals surface area contributed by atoms with Gasteiger partial charge in [-0.1, -0.05) is 28.1 Å². The zero-order valence-corrected chi connectivity index (χ0v) is 9.29. The topological polar surface area (TPSA) is 52.3 Å². The first-order valence-corrected chi connectivity index (χ1v) is 5.08. The third-order valence-corrected chi connectivity index (χ3v) is 2.20. The molecule has 14 heavy (non-hydrogen) atoms. The van der Waals surface area contributed by atoms with Gasteiger partial charge in [0.2, 0.25) is 5.91 Å². The monoisotopic (exact) mass is 257 g/mol. The van der Waals surface area contributed by atoms with Gasteiger partial charge in [0.25, 0.3) is 0 Å². The fourth-order valence-electron chi connectivity index (χ4n) is 0.943. The number of ether oxygens (including phenoxy) is 1. The van der Waals surface area contributed by atoms with Crippen LogP contribution in [0.3, 0.4) is 0 Å². The second-order valence-electron chi connectivity index (χ2n) is 2.90. The molecule has 76 valence electrons. The van der Waals surface area contributed by atoms with Crippen molar-refractivity contribution in [1.29, 1.82) is 0 Å². The summed E-state index contributed by atoms with van der Waals surface area (Å²) in [6.45, 7) is 0.895. The van der Waals surface area contributed by atoms with E-state index in [1.807, 2.05) is 24.3 Å². The van der Waals surface area contributed by atoms with Gasteiger partial charge in [0.15, 0.2) is 0 Å². The third-order valence-electron chi connectivity index (χ3n) is 1.67. The number of nitrogens with two attached hydrogens (primary N) is 1. The molecule has 0 atom stereocenters. The molecule has 1 rings (SSSR count). The number of carbonyl (C=O) groups excluding carboxylic acids is 1. The zero-order valence-electron chi connectivity index (χ0n) is 7.70. The minimum atomic E-state index is -0.333. The van der Waals surface area contributed by atoms with Gasteiger partial charge in [-0.05, 0) is 17.7 Å². The van der Waals surface area contributed by atoms with Crippen molar-refractivity contribution >= 4 is 21.8 Å². The summed E-state index contributed by atoms with van der Waals surface area (Å²) in [7, 11) is 0. The molecule has 0 radical (unpaired) electrons. The van der Waals surface area contributed by atoms with Gasteiger partial charge < -0.3 is 10.5 Å². The number of hydrogen-bond acceptors (Lipinski definition) is 2. The van der Waals surface area contributed by atoms with E-state index in [0.29, 0.717) is 13.2 Å². The van der Waals surface area contributed by atoms with Crippen molar-refractivity contribution in [3.63, 3.8) is 0 Å². The van der Waals surface area contributed by atoms with Crippen LogP contribution in [0.25, 0.3) is 0 Å². The molecule has 0 spiro atoms. The summed E-state index contributed by atoms with van der Waals surface area (Å²) in [4.78, 5) is 10.4. The van der Waals surface area contributed by atoms with Crippen LogP contribution in [-0.4, -0.2) is 12.5 Å². The average molecular weight is 258 g/mol. The molecule has 0 unspecified atom stereocenters. The standard InChI is InChI=1S/C10H12BrNO2/c11-9-3-1-8(2-4-9)7-14-6-5-10(12)13/h1-4H,5-7H2,(H2,12,13). The number of benzene rings is 1. The Morgan fingerprint density at radius 1 is 1.36 bits per heavy atom. The Morgan fingerprint density at radius 3 is 2.57 bits per heavy atom. The van der Waals surface area contributed by atoms with Crippen molar-refractivity contribution < 1.29 is 9.53 Å². The van der Waals surface area contributed by atoms with Crippen LogP contribution in [0.4, 0.5) is 0 Å². The highest BCUT2D eigenvalue weighted by Gasteiger charge is 1.96. The van der Waals surface area contributed by atoms with Gasteiger partial charge in [0.1, 0.15) is 0 Å². The van der Waals surface area contributed by atoms with E-state index in [9.17, 15) is 4.79 Å². The van der Waals surface area contributed by atoms with Crippen molar-refractivity contribution in [3.8, 4) is 0 Å². The Labute approximate surface area is 91.4 Å². The van der Waals surface area contributed by atoms with Gasteiger partial charge in [0, 0.05) is 10.9 Å². The molecule has 0 saturated heterocycles. The predicted molar refractivity (Wildman–Crippen MR) is 57.6 cm³/mol. The van der Waals surface area contributed by atoms with Crippen LogP contribution in [0.2, 0.25) is 0 Å². The summed E-state index contributed by atoms with van der Waals surface area (Å²) in [6.07, 6.45) is 0.274. The maximum atomic E-state index is 10.4. The van der Waals surface area contributed by atoms with E-state index in [4.69, 9.17) is 10.5 Å². The number of halogens is 1. The van der Waals surface area contributed by atoms with Crippen LogP contribution in [0.1, 0.15) is 12.0 Å². The van der Waals surface area contributed by atoms with Crippen LogP contribution in [0.15, 0.2) is 28.7 Å². The number of amides is 1. The molecule has 3 nitrogen and oxygen atoms in total. The molecule has 0 aliphatic heterocycles. The maximum Gasteiger partial charge on any atom is 0.219 e. The Balaban J connectivity index is 2.25. The number of carbonyl (C=O) groups is 1. The highest BCUT2D eigenvalue weighted by atomic mass is 79.9. The van der Waals surface area contributed by atoms with Crippen molar-refractivity contribution in [3.05, 3.63) is 34.3 Å². The van der Waals surface area contributed by atoms with E-state index in [2.05, 4.69) is 15.9 Å². The SMILES string of the molecule is NC(=O)CCOCc1ccc(Br)cc1. The molecule has 0 heterocycles. The van der Waals surface area contributed by atoms with Gasteiger partial charge in [0.05, 0.1) is 13.2 Å². The van der Waals surface area contributed by atoms with E-state index in [1.54, 1.807) is 0 Å². The lowest BCUT2D eigenvalue weighted by Crippen LogP contribution is -2.13. The molecule has 4 heteroatoms. The molecule has 1 aromatic rings. The first-order valence-electron chi connectivity index (χ1n) is 4.29. The molecule has 2 N–H and O–H groups in total. The molecule has 0 saturated carbocycles. The fourth-order valence-corrected chi connectivity index (χ4v) is 1.21. The second-order valence-corrected chi connectivity index (χ2v) is 3.81. The second kappa shape index (κ2) is 5.78. The molecule has 0 aliphatic rings. The first kappa shape index (κ1) is 11.2. The van der Waals surface area contributed by atoms with Crippen molar-refractivity contribution in [2.24, 2.45) is 5.73 Å². The Morgan fingerprint density at radius 2 is 2.00 bits per heavy atom. The van der Waals surface area contributed by atoms with Crippen LogP contribution < -0.4 is 5.73 Å². The zero-order chi connectivity index (χ0) is 10.4. The minimum absolute atomic E-state index is 0.274. The predicted octanol–water partition coefficient (Wildman–Crippen LogP) is 1.84. The minimum Gasteiger partial charge on any atom is -0.376 e. The first-order chi connectivity index (χ1) is 6.68. The summed E-state index contributed by atoms with van der Waals surface area (Å²) in [5, 5.41) is 0. The van der Waals surface area contributed by atoms with Gasteiger partial charge in [-0.2, -0.15) is 0 Å². The Kier molecular flexibility index (Phi) is 4.62. The van der Waals surface area contributed by atoms with Gasteiger partial charge in [-0.25, -0.2) is 0 Å². The Hall–Kier alpha value is -0.870. The molecule has 1 amide bonds. The number of hydrogen-bond donors (Lipinski definition) is 1. The largest absolute Gasteiger partial charge is 0.376 e. The van der Waals surface area contributed by atoms with Crippen LogP contribution in [0, 0.1) is 0 Å². The van der Waals surface area contributed by atoms with E-state index in [1.165, 1.54) is 0 Å². The maximum absolute atomic E-state index is 10.4. The summed E-state index contributed by atoms with van der Waals surface area (Å²) in [6, 6.07) is 7.84. The summed E-state index contributed by atoms with van der Waals surface area (Å²) in [5.41, 5.74) is 6.05. The van der Waals surface area contributed by atoms with Crippen LogP contribution in [0.5, 0.6) is 0 Å². The fraction of sp³-hybridized carbons (Fsp3) is 0.300. The van der Waals surface area contributed by atoms with Crippen LogP contribution >= 0.6 is 15.9 Å². The highest BCUT2D eigenvalue weighted by molar-refractivity contribution is 9.10. The summed E-state index contributed by atoms with van der Waals surface area (Å²) in [5.74, 6) is -0.333. The van der Waals surface area contributed by atoms with Gasteiger partial charge in [-0.15, -0.1) is 0 Å². The van der Waals surface area contributed by atoms with Crippen LogP contribution in [-0.2, 0) is 16.1 Å². The quantitative estimate of drug-likeness (QED) is 0.819.